The molecule has 0 spiro atoms. The first kappa shape index (κ1) is 13.8. The highest BCUT2D eigenvalue weighted by molar-refractivity contribution is 5.69. The van der Waals surface area contributed by atoms with Crippen LogP contribution in [0.25, 0.3) is 0 Å². The Bertz CT molecular complexity index is 437. The summed E-state index contributed by atoms with van der Waals surface area (Å²) in [6.07, 6.45) is 4.99. The first-order chi connectivity index (χ1) is 8.96. The lowest BCUT2D eigenvalue weighted by atomic mass is 10.0. The Morgan fingerprint density at radius 3 is 2.58 bits per heavy atom. The summed E-state index contributed by atoms with van der Waals surface area (Å²) in [7, 11) is 0. The number of carbonyl (C=O) groups is 1. The normalized spacial score (nSPS) is 16.5. The van der Waals surface area contributed by atoms with Crippen molar-refractivity contribution in [3.63, 3.8) is 0 Å². The van der Waals surface area contributed by atoms with Crippen molar-refractivity contribution >= 4 is 11.8 Å². The van der Waals surface area contributed by atoms with E-state index in [2.05, 4.69) is 15.5 Å². The van der Waals surface area contributed by atoms with Crippen LogP contribution in [-0.4, -0.2) is 26.8 Å². The molecule has 2 rings (SSSR count). The monoisotopic (exact) mass is 263 g/mol. The fourth-order valence-corrected chi connectivity index (χ4v) is 2.62. The van der Waals surface area contributed by atoms with Crippen LogP contribution in [0.3, 0.4) is 0 Å². The molecule has 1 fully saturated rings. The second-order valence-corrected chi connectivity index (χ2v) is 5.90. The van der Waals surface area contributed by atoms with E-state index in [4.69, 9.17) is 5.11 Å². The van der Waals surface area contributed by atoms with E-state index >= 15 is 0 Å². The lowest BCUT2D eigenvalue weighted by molar-refractivity contribution is -0.137. The van der Waals surface area contributed by atoms with Crippen LogP contribution in [0.4, 0.5) is 5.82 Å². The topological polar surface area (TPSA) is 75.1 Å². The smallest absolute Gasteiger partial charge is 0.305 e. The number of aromatic nitrogens is 2. The fourth-order valence-electron chi connectivity index (χ4n) is 2.62. The molecule has 0 aromatic carbocycles. The molecular formula is C14H21N3O2. The Hall–Kier alpha value is -1.65. The minimum atomic E-state index is -0.826. The molecule has 0 radical (unpaired) electrons. The summed E-state index contributed by atoms with van der Waals surface area (Å²) in [5, 5.41) is 20.4. The van der Waals surface area contributed by atoms with Gasteiger partial charge in [-0.25, -0.2) is 0 Å². The van der Waals surface area contributed by atoms with Crippen molar-refractivity contribution in [1.29, 1.82) is 0 Å². The summed E-state index contributed by atoms with van der Waals surface area (Å²) >= 11 is 0. The van der Waals surface area contributed by atoms with Gasteiger partial charge in [-0.05, 0) is 38.8 Å². The molecule has 1 heterocycles. The summed E-state index contributed by atoms with van der Waals surface area (Å²) < 4.78 is 0. The molecule has 2 N–H and O–H groups in total. The van der Waals surface area contributed by atoms with Crippen molar-refractivity contribution in [1.82, 2.24) is 10.2 Å². The Labute approximate surface area is 113 Å². The van der Waals surface area contributed by atoms with Gasteiger partial charge in [-0.1, -0.05) is 12.8 Å². The number of carboxylic acids is 1. The number of anilines is 1. The Morgan fingerprint density at radius 1 is 1.37 bits per heavy atom. The average molecular weight is 263 g/mol. The third-order valence-corrected chi connectivity index (χ3v) is 3.52. The van der Waals surface area contributed by atoms with Gasteiger partial charge >= 0.3 is 5.97 Å². The first-order valence-corrected chi connectivity index (χ1v) is 6.80. The van der Waals surface area contributed by atoms with Gasteiger partial charge in [0.25, 0.3) is 0 Å². The number of carboxylic acid groups (broad SMARTS) is 1. The average Bonchev–Trinajstić information content (AvgIpc) is 2.81. The third kappa shape index (κ3) is 3.91. The van der Waals surface area contributed by atoms with Crippen molar-refractivity contribution in [3.8, 4) is 0 Å². The van der Waals surface area contributed by atoms with Gasteiger partial charge in [0.05, 0.1) is 12.1 Å². The van der Waals surface area contributed by atoms with Gasteiger partial charge in [0.15, 0.2) is 0 Å². The molecule has 1 saturated carbocycles. The van der Waals surface area contributed by atoms with Gasteiger partial charge in [0, 0.05) is 11.5 Å². The third-order valence-electron chi connectivity index (χ3n) is 3.52. The molecule has 0 atom stereocenters. The van der Waals surface area contributed by atoms with Crippen molar-refractivity contribution in [2.45, 2.75) is 57.4 Å². The molecule has 5 heteroatoms. The van der Waals surface area contributed by atoms with E-state index in [9.17, 15) is 4.79 Å². The van der Waals surface area contributed by atoms with Gasteiger partial charge in [-0.15, -0.1) is 5.10 Å². The zero-order valence-corrected chi connectivity index (χ0v) is 11.5. The quantitative estimate of drug-likeness (QED) is 0.854. The van der Waals surface area contributed by atoms with Crippen molar-refractivity contribution in [3.05, 3.63) is 17.8 Å². The summed E-state index contributed by atoms with van der Waals surface area (Å²) in [6.45, 7) is 3.68. The maximum absolute atomic E-state index is 10.8. The van der Waals surface area contributed by atoms with E-state index < -0.39 is 11.5 Å². The van der Waals surface area contributed by atoms with Gasteiger partial charge in [0.2, 0.25) is 0 Å². The molecule has 1 aliphatic carbocycles. The predicted molar refractivity (Wildman–Crippen MR) is 73.2 cm³/mol. The molecule has 0 saturated heterocycles. The fraction of sp³-hybridized carbons (Fsp3) is 0.643. The van der Waals surface area contributed by atoms with E-state index in [1.165, 1.54) is 25.7 Å². The van der Waals surface area contributed by atoms with Crippen molar-refractivity contribution in [2.75, 3.05) is 5.32 Å². The molecule has 19 heavy (non-hydrogen) atoms. The summed E-state index contributed by atoms with van der Waals surface area (Å²) in [5.41, 5.74) is 0.522. The Morgan fingerprint density at radius 2 is 2.05 bits per heavy atom. The van der Waals surface area contributed by atoms with E-state index in [0.29, 0.717) is 11.7 Å². The van der Waals surface area contributed by atoms with Gasteiger partial charge in [0.1, 0.15) is 5.82 Å². The van der Waals surface area contributed by atoms with Crippen LogP contribution in [0.15, 0.2) is 12.1 Å². The zero-order chi connectivity index (χ0) is 13.9. The molecule has 0 bridgehead atoms. The Balaban J connectivity index is 2.00. The SMILES string of the molecule is CC(C)(CC(=O)O)Nc1ccc(C2CCCC2)nn1. The zero-order valence-electron chi connectivity index (χ0n) is 11.5. The van der Waals surface area contributed by atoms with Crippen LogP contribution in [0.1, 0.15) is 57.6 Å². The predicted octanol–water partition coefficient (Wildman–Crippen LogP) is 2.80. The van der Waals surface area contributed by atoms with E-state index in [1.807, 2.05) is 26.0 Å². The molecule has 104 valence electrons. The van der Waals surface area contributed by atoms with Crippen molar-refractivity contribution in [2.24, 2.45) is 0 Å². The number of hydrogen-bond acceptors (Lipinski definition) is 4. The van der Waals surface area contributed by atoms with Crippen LogP contribution >= 0.6 is 0 Å². The summed E-state index contributed by atoms with van der Waals surface area (Å²) in [5.74, 6) is 0.356. The lowest BCUT2D eigenvalue weighted by Crippen LogP contribution is -2.34. The number of nitrogens with zero attached hydrogens (tertiary/aromatic N) is 2. The highest BCUT2D eigenvalue weighted by Crippen LogP contribution is 2.32. The molecule has 1 aliphatic rings. The molecule has 0 amide bonds. The largest absolute Gasteiger partial charge is 0.481 e. The molecule has 0 aliphatic heterocycles. The second-order valence-electron chi connectivity index (χ2n) is 5.90. The minimum Gasteiger partial charge on any atom is -0.481 e. The molecule has 1 aromatic heterocycles. The van der Waals surface area contributed by atoms with Crippen LogP contribution in [0, 0.1) is 0 Å². The van der Waals surface area contributed by atoms with Gasteiger partial charge < -0.3 is 10.4 Å². The molecular weight excluding hydrogens is 242 g/mol. The van der Waals surface area contributed by atoms with E-state index in [1.54, 1.807) is 0 Å². The molecule has 5 nitrogen and oxygen atoms in total. The van der Waals surface area contributed by atoms with Crippen LogP contribution in [0.2, 0.25) is 0 Å². The summed E-state index contributed by atoms with van der Waals surface area (Å²) in [4.78, 5) is 10.8. The highest BCUT2D eigenvalue weighted by Gasteiger charge is 2.23. The highest BCUT2D eigenvalue weighted by atomic mass is 16.4. The summed E-state index contributed by atoms with van der Waals surface area (Å²) in [6, 6.07) is 3.90. The van der Waals surface area contributed by atoms with Gasteiger partial charge in [-0.2, -0.15) is 5.10 Å². The van der Waals surface area contributed by atoms with Crippen molar-refractivity contribution < 1.29 is 9.90 Å². The standard InChI is InChI=1S/C14H21N3O2/c1-14(2,9-13(18)19)15-12-8-7-11(16-17-12)10-5-3-4-6-10/h7-8,10H,3-6,9H2,1-2H3,(H,15,17)(H,18,19). The number of nitrogens with one attached hydrogen (secondary N) is 1. The van der Waals surface area contributed by atoms with E-state index in [0.717, 1.165) is 5.69 Å². The Kier molecular flexibility index (Phi) is 4.02. The number of aliphatic carboxylic acids is 1. The second kappa shape index (κ2) is 5.55. The maximum Gasteiger partial charge on any atom is 0.305 e. The maximum atomic E-state index is 10.8. The van der Waals surface area contributed by atoms with Crippen LogP contribution in [-0.2, 0) is 4.79 Å². The number of rotatable bonds is 5. The van der Waals surface area contributed by atoms with Crippen LogP contribution in [0.5, 0.6) is 0 Å². The first-order valence-electron chi connectivity index (χ1n) is 6.80. The van der Waals surface area contributed by atoms with Gasteiger partial charge in [-0.3, -0.25) is 4.79 Å². The van der Waals surface area contributed by atoms with Crippen LogP contribution < -0.4 is 5.32 Å². The lowest BCUT2D eigenvalue weighted by Gasteiger charge is -2.24. The molecule has 1 aromatic rings. The number of hydrogen-bond donors (Lipinski definition) is 2. The minimum absolute atomic E-state index is 0.0407. The molecule has 0 unspecified atom stereocenters. The van der Waals surface area contributed by atoms with E-state index in [-0.39, 0.29) is 6.42 Å².